The Morgan fingerprint density at radius 2 is 1.84 bits per heavy atom. The van der Waals surface area contributed by atoms with E-state index in [1.807, 2.05) is 29.2 Å². The van der Waals surface area contributed by atoms with Gasteiger partial charge in [0.2, 0.25) is 5.91 Å². The normalized spacial score (nSPS) is 18.1. The first-order chi connectivity index (χ1) is 15.0. The summed E-state index contributed by atoms with van der Waals surface area (Å²) in [6, 6.07) is 5.54. The standard InChI is InChI=1S/C23H30N2O4S2/c1-28-18-11-10-17(15-19(18)29-2)16-20-22(27)25(23(30)31-20)14-8-3-5-9-21(26)24-12-6-4-7-13-24/h10-11,15-16H,3-9,12-14H2,1-2H3/b20-16-. The molecule has 1 aromatic carbocycles. The van der Waals surface area contributed by atoms with E-state index in [0.717, 1.165) is 50.8 Å². The Morgan fingerprint density at radius 3 is 2.55 bits per heavy atom. The molecule has 2 saturated heterocycles. The summed E-state index contributed by atoms with van der Waals surface area (Å²) in [7, 11) is 3.17. The summed E-state index contributed by atoms with van der Waals surface area (Å²) in [6.07, 6.45) is 8.50. The molecule has 0 spiro atoms. The number of carbonyl (C=O) groups is 2. The van der Waals surface area contributed by atoms with E-state index in [1.54, 1.807) is 19.1 Å². The van der Waals surface area contributed by atoms with Crippen molar-refractivity contribution in [2.45, 2.75) is 44.9 Å². The fraction of sp³-hybridized carbons (Fsp3) is 0.522. The summed E-state index contributed by atoms with van der Waals surface area (Å²) >= 11 is 6.75. The largest absolute Gasteiger partial charge is 0.493 e. The lowest BCUT2D eigenvalue weighted by Crippen LogP contribution is -2.35. The summed E-state index contributed by atoms with van der Waals surface area (Å²) < 4.78 is 11.2. The fourth-order valence-corrected chi connectivity index (χ4v) is 5.12. The topological polar surface area (TPSA) is 59.1 Å². The predicted octanol–water partition coefficient (Wildman–Crippen LogP) is 4.48. The molecule has 2 fully saturated rings. The van der Waals surface area contributed by atoms with Crippen LogP contribution in [0, 0.1) is 0 Å². The molecule has 0 radical (unpaired) electrons. The number of rotatable bonds is 9. The van der Waals surface area contributed by atoms with Crippen LogP contribution in [-0.2, 0) is 9.59 Å². The summed E-state index contributed by atoms with van der Waals surface area (Å²) in [6.45, 7) is 2.40. The number of ether oxygens (including phenoxy) is 2. The van der Waals surface area contributed by atoms with Gasteiger partial charge in [-0.15, -0.1) is 0 Å². The number of thiocarbonyl (C=S) groups is 1. The molecule has 2 amide bonds. The highest BCUT2D eigenvalue weighted by atomic mass is 32.2. The van der Waals surface area contributed by atoms with Gasteiger partial charge in [0, 0.05) is 26.1 Å². The van der Waals surface area contributed by atoms with Crippen LogP contribution in [0.1, 0.15) is 50.5 Å². The number of methoxy groups -OCH3 is 2. The van der Waals surface area contributed by atoms with Gasteiger partial charge in [-0.25, -0.2) is 0 Å². The smallest absolute Gasteiger partial charge is 0.266 e. The van der Waals surface area contributed by atoms with Gasteiger partial charge in [0.05, 0.1) is 19.1 Å². The zero-order valence-electron chi connectivity index (χ0n) is 18.2. The number of benzene rings is 1. The van der Waals surface area contributed by atoms with Crippen molar-refractivity contribution in [2.75, 3.05) is 33.9 Å². The van der Waals surface area contributed by atoms with Crippen molar-refractivity contribution in [2.24, 2.45) is 0 Å². The molecule has 6 nitrogen and oxygen atoms in total. The van der Waals surface area contributed by atoms with Crippen LogP contribution in [0.5, 0.6) is 11.5 Å². The molecule has 0 N–H and O–H groups in total. The second-order valence-corrected chi connectivity index (χ2v) is 9.38. The van der Waals surface area contributed by atoms with Crippen molar-refractivity contribution < 1.29 is 19.1 Å². The molecule has 2 aliphatic heterocycles. The third-order valence-corrected chi connectivity index (χ3v) is 6.94. The highest BCUT2D eigenvalue weighted by molar-refractivity contribution is 8.26. The van der Waals surface area contributed by atoms with Crippen molar-refractivity contribution in [3.8, 4) is 11.5 Å². The minimum atomic E-state index is -0.0609. The number of nitrogens with zero attached hydrogens (tertiary/aromatic N) is 2. The van der Waals surface area contributed by atoms with E-state index >= 15 is 0 Å². The van der Waals surface area contributed by atoms with Gasteiger partial charge < -0.3 is 14.4 Å². The molecule has 0 saturated carbocycles. The lowest BCUT2D eigenvalue weighted by Gasteiger charge is -2.26. The van der Waals surface area contributed by atoms with E-state index in [4.69, 9.17) is 21.7 Å². The van der Waals surface area contributed by atoms with Gasteiger partial charge in [-0.05, 0) is 55.9 Å². The first-order valence-corrected chi connectivity index (χ1v) is 12.0. The summed E-state index contributed by atoms with van der Waals surface area (Å²) in [5.74, 6) is 1.47. The number of carbonyl (C=O) groups excluding carboxylic acids is 2. The van der Waals surface area contributed by atoms with E-state index in [2.05, 4.69) is 0 Å². The Bertz CT molecular complexity index is 850. The third kappa shape index (κ3) is 6.23. The minimum Gasteiger partial charge on any atom is -0.493 e. The zero-order valence-corrected chi connectivity index (χ0v) is 19.9. The van der Waals surface area contributed by atoms with Crippen LogP contribution in [0.15, 0.2) is 23.1 Å². The van der Waals surface area contributed by atoms with Gasteiger partial charge in [-0.3, -0.25) is 14.5 Å². The lowest BCUT2D eigenvalue weighted by molar-refractivity contribution is -0.132. The Hall–Kier alpha value is -2.06. The molecule has 168 valence electrons. The molecule has 0 aliphatic carbocycles. The van der Waals surface area contributed by atoms with Crippen LogP contribution in [0.3, 0.4) is 0 Å². The number of unbranched alkanes of at least 4 members (excludes halogenated alkanes) is 2. The molecule has 0 bridgehead atoms. The highest BCUT2D eigenvalue weighted by Crippen LogP contribution is 2.34. The van der Waals surface area contributed by atoms with Gasteiger partial charge in [0.25, 0.3) is 5.91 Å². The van der Waals surface area contributed by atoms with Gasteiger partial charge in [0.15, 0.2) is 11.5 Å². The molecule has 0 atom stereocenters. The zero-order chi connectivity index (χ0) is 22.2. The van der Waals surface area contributed by atoms with Crippen LogP contribution in [0.4, 0.5) is 0 Å². The SMILES string of the molecule is COc1ccc(/C=C2\SC(=S)N(CCCCCC(=O)N3CCCCC3)C2=O)cc1OC. The van der Waals surface area contributed by atoms with Crippen LogP contribution in [0.2, 0.25) is 0 Å². The van der Waals surface area contributed by atoms with Crippen LogP contribution < -0.4 is 9.47 Å². The number of likely N-dealkylation sites (tertiary alicyclic amines) is 1. The number of hydrogen-bond acceptors (Lipinski definition) is 6. The van der Waals surface area contributed by atoms with Crippen LogP contribution in [0.25, 0.3) is 6.08 Å². The van der Waals surface area contributed by atoms with Gasteiger partial charge in [0.1, 0.15) is 4.32 Å². The van der Waals surface area contributed by atoms with Crippen molar-refractivity contribution in [1.29, 1.82) is 0 Å². The minimum absolute atomic E-state index is 0.0609. The number of amides is 2. The molecule has 2 aliphatic rings. The predicted molar refractivity (Wildman–Crippen MR) is 128 cm³/mol. The number of hydrogen-bond donors (Lipinski definition) is 0. The second-order valence-electron chi connectivity index (χ2n) is 7.70. The van der Waals surface area contributed by atoms with E-state index in [9.17, 15) is 9.59 Å². The molecular formula is C23H30N2O4S2. The molecule has 3 rings (SSSR count). The van der Waals surface area contributed by atoms with Gasteiger partial charge in [-0.1, -0.05) is 36.5 Å². The maximum absolute atomic E-state index is 12.8. The number of thioether (sulfide) groups is 1. The molecule has 2 heterocycles. The Labute approximate surface area is 193 Å². The average molecular weight is 463 g/mol. The van der Waals surface area contributed by atoms with Crippen LogP contribution >= 0.6 is 24.0 Å². The molecule has 1 aromatic rings. The van der Waals surface area contributed by atoms with Gasteiger partial charge in [-0.2, -0.15) is 0 Å². The summed E-state index contributed by atoms with van der Waals surface area (Å²) in [5.41, 5.74) is 0.856. The summed E-state index contributed by atoms with van der Waals surface area (Å²) in [5, 5.41) is 0. The lowest BCUT2D eigenvalue weighted by atomic mass is 10.1. The van der Waals surface area contributed by atoms with Gasteiger partial charge >= 0.3 is 0 Å². The molecule has 31 heavy (non-hydrogen) atoms. The maximum Gasteiger partial charge on any atom is 0.266 e. The number of piperidine rings is 1. The van der Waals surface area contributed by atoms with Crippen molar-refractivity contribution >= 4 is 46.2 Å². The first kappa shape index (κ1) is 23.6. The van der Waals surface area contributed by atoms with Crippen molar-refractivity contribution in [1.82, 2.24) is 9.80 Å². The maximum atomic E-state index is 12.8. The van der Waals surface area contributed by atoms with E-state index in [1.165, 1.54) is 18.2 Å². The summed E-state index contributed by atoms with van der Waals surface area (Å²) in [4.78, 5) is 29.3. The third-order valence-electron chi connectivity index (χ3n) is 5.56. The van der Waals surface area contributed by atoms with Crippen molar-refractivity contribution in [3.63, 3.8) is 0 Å². The highest BCUT2D eigenvalue weighted by Gasteiger charge is 2.31. The average Bonchev–Trinajstić information content (AvgIpc) is 3.06. The molecule has 0 unspecified atom stereocenters. The monoisotopic (exact) mass is 462 g/mol. The van der Waals surface area contributed by atoms with Crippen LogP contribution in [-0.4, -0.2) is 59.8 Å². The van der Waals surface area contributed by atoms with E-state index < -0.39 is 0 Å². The molecule has 8 heteroatoms. The van der Waals surface area contributed by atoms with Crippen molar-refractivity contribution in [3.05, 3.63) is 28.7 Å². The Kier molecular flexibility index (Phi) is 8.78. The molecular weight excluding hydrogens is 432 g/mol. The quantitative estimate of drug-likeness (QED) is 0.306. The Balaban J connectivity index is 1.47. The molecule has 0 aromatic heterocycles. The fourth-order valence-electron chi connectivity index (χ4n) is 3.81. The van der Waals surface area contributed by atoms with E-state index in [0.29, 0.717) is 33.7 Å². The first-order valence-electron chi connectivity index (χ1n) is 10.8. The Morgan fingerprint density at radius 1 is 1.10 bits per heavy atom. The second kappa shape index (κ2) is 11.5. The van der Waals surface area contributed by atoms with E-state index in [-0.39, 0.29) is 11.8 Å².